The van der Waals surface area contributed by atoms with Crippen molar-refractivity contribution in [2.24, 2.45) is 0 Å². The Labute approximate surface area is 163 Å². The molecule has 0 aromatic heterocycles. The molecule has 150 valence electrons. The minimum absolute atomic E-state index is 0.0218. The number of benzene rings is 1. The molecule has 1 aromatic carbocycles. The van der Waals surface area contributed by atoms with Crippen molar-refractivity contribution in [2.75, 3.05) is 7.05 Å². The lowest BCUT2D eigenvalue weighted by molar-refractivity contribution is 0.310. The molecule has 0 heterocycles. The van der Waals surface area contributed by atoms with Gasteiger partial charge in [0.2, 0.25) is 0 Å². The average Bonchev–Trinajstić information content (AvgIpc) is 2.65. The fourth-order valence-electron chi connectivity index (χ4n) is 3.77. The van der Waals surface area contributed by atoms with E-state index in [2.05, 4.69) is 19.1 Å². The molecule has 0 aliphatic heterocycles. The third-order valence-electron chi connectivity index (χ3n) is 5.45. The van der Waals surface area contributed by atoms with Gasteiger partial charge in [-0.2, -0.15) is 0 Å². The molecular formula is C24H42NO-. The van der Waals surface area contributed by atoms with E-state index in [1.54, 1.807) is 7.05 Å². The highest BCUT2D eigenvalue weighted by Gasteiger charge is 2.09. The first-order chi connectivity index (χ1) is 12.8. The maximum Gasteiger partial charge on any atom is 0.0229 e. The zero-order chi connectivity index (χ0) is 18.9. The van der Waals surface area contributed by atoms with Crippen LogP contribution < -0.4 is 0 Å². The maximum atomic E-state index is 11.8. The van der Waals surface area contributed by atoms with E-state index in [-0.39, 0.29) is 6.04 Å². The van der Waals surface area contributed by atoms with Crippen molar-refractivity contribution in [3.63, 3.8) is 0 Å². The lowest BCUT2D eigenvalue weighted by Crippen LogP contribution is -2.18. The smallest absolute Gasteiger partial charge is 0.0229 e. The summed E-state index contributed by atoms with van der Waals surface area (Å²) in [6.07, 6.45) is 20.2. The third-order valence-corrected chi connectivity index (χ3v) is 5.45. The topological polar surface area (TPSA) is 26.3 Å². The summed E-state index contributed by atoms with van der Waals surface area (Å²) >= 11 is 0. The molecule has 0 fully saturated rings. The second-order valence-corrected chi connectivity index (χ2v) is 7.86. The van der Waals surface area contributed by atoms with Crippen LogP contribution in [0, 0.1) is 5.21 Å². The van der Waals surface area contributed by atoms with E-state index < -0.39 is 0 Å². The van der Waals surface area contributed by atoms with Gasteiger partial charge >= 0.3 is 0 Å². The largest absolute Gasteiger partial charge is 0.785 e. The minimum Gasteiger partial charge on any atom is -0.785 e. The highest BCUT2D eigenvalue weighted by Crippen LogP contribution is 2.25. The van der Waals surface area contributed by atoms with E-state index in [1.165, 1.54) is 83.5 Å². The summed E-state index contributed by atoms with van der Waals surface area (Å²) in [5.41, 5.74) is 1.15. The Morgan fingerprint density at radius 2 is 1.12 bits per heavy atom. The van der Waals surface area contributed by atoms with Gasteiger partial charge in [0.1, 0.15) is 0 Å². The molecule has 0 amide bonds. The molecule has 2 nitrogen and oxygen atoms in total. The van der Waals surface area contributed by atoms with E-state index in [0.29, 0.717) is 0 Å². The molecule has 0 aliphatic carbocycles. The number of rotatable bonds is 17. The van der Waals surface area contributed by atoms with Crippen LogP contribution in [0.2, 0.25) is 0 Å². The quantitative estimate of drug-likeness (QED) is 0.207. The van der Waals surface area contributed by atoms with Crippen molar-refractivity contribution in [2.45, 2.75) is 109 Å². The van der Waals surface area contributed by atoms with Gasteiger partial charge in [-0.25, -0.2) is 0 Å². The van der Waals surface area contributed by atoms with Crippen molar-refractivity contribution in [1.29, 1.82) is 0 Å². The standard InChI is InChI=1S/C24H42NO/c1-3-4-5-6-7-8-9-10-11-12-13-14-15-19-22-24(25(2)26)23-20-17-16-18-21-23/h16-18,20-21,24H,3-15,19,22H2,1-2H3/q-1. The van der Waals surface area contributed by atoms with Gasteiger partial charge in [-0.05, 0) is 19.0 Å². The lowest BCUT2D eigenvalue weighted by Gasteiger charge is -2.33. The van der Waals surface area contributed by atoms with Crippen LogP contribution in [0.25, 0.3) is 0 Å². The van der Waals surface area contributed by atoms with Crippen LogP contribution in [-0.4, -0.2) is 12.1 Å². The molecule has 0 radical (unpaired) electrons. The molecule has 0 bridgehead atoms. The van der Waals surface area contributed by atoms with E-state index in [1.807, 2.05) is 18.2 Å². The zero-order valence-corrected chi connectivity index (χ0v) is 17.4. The van der Waals surface area contributed by atoms with Crippen LogP contribution in [-0.2, 0) is 0 Å². The predicted molar refractivity (Wildman–Crippen MR) is 115 cm³/mol. The highest BCUT2D eigenvalue weighted by molar-refractivity contribution is 5.18. The molecule has 0 saturated carbocycles. The number of hydroxylamine groups is 2. The number of unbranched alkanes of at least 4 members (excludes halogenated alkanes) is 13. The predicted octanol–water partition coefficient (Wildman–Crippen LogP) is 8.03. The van der Waals surface area contributed by atoms with Gasteiger partial charge < -0.3 is 10.3 Å². The second kappa shape index (κ2) is 16.3. The van der Waals surface area contributed by atoms with Gasteiger partial charge in [-0.15, -0.1) is 0 Å². The minimum atomic E-state index is 0.0218. The van der Waals surface area contributed by atoms with Crippen LogP contribution >= 0.6 is 0 Å². The Balaban J connectivity index is 1.92. The normalized spacial score (nSPS) is 12.6. The summed E-state index contributed by atoms with van der Waals surface area (Å²) < 4.78 is 0. The van der Waals surface area contributed by atoms with Gasteiger partial charge in [0, 0.05) is 6.04 Å². The summed E-state index contributed by atoms with van der Waals surface area (Å²) in [4.78, 5) is 0. The summed E-state index contributed by atoms with van der Waals surface area (Å²) in [5.74, 6) is 0. The molecule has 1 rings (SSSR count). The number of hydrogen-bond acceptors (Lipinski definition) is 2. The molecule has 2 heteroatoms. The molecule has 0 aliphatic rings. The van der Waals surface area contributed by atoms with Gasteiger partial charge in [0.25, 0.3) is 0 Å². The third kappa shape index (κ3) is 11.7. The summed E-state index contributed by atoms with van der Waals surface area (Å²) in [7, 11) is 1.65. The van der Waals surface area contributed by atoms with Gasteiger partial charge in [0.05, 0.1) is 0 Å². The SMILES string of the molecule is CCCCCCCCCCCCCCCCC(c1ccccc1)N(C)[O-]. The first-order valence-corrected chi connectivity index (χ1v) is 11.2. The Morgan fingerprint density at radius 3 is 1.54 bits per heavy atom. The van der Waals surface area contributed by atoms with Gasteiger partial charge in [-0.3, -0.25) is 0 Å². The maximum absolute atomic E-state index is 11.8. The van der Waals surface area contributed by atoms with E-state index in [0.717, 1.165) is 23.5 Å². The van der Waals surface area contributed by atoms with Gasteiger partial charge in [-0.1, -0.05) is 127 Å². The number of nitrogens with zero attached hydrogens (tertiary/aromatic N) is 1. The fraction of sp³-hybridized carbons (Fsp3) is 0.750. The Bertz CT molecular complexity index is 404. The lowest BCUT2D eigenvalue weighted by atomic mass is 9.99. The molecule has 0 spiro atoms. The molecule has 0 saturated heterocycles. The van der Waals surface area contributed by atoms with Crippen LogP contribution in [0.1, 0.15) is 115 Å². The van der Waals surface area contributed by atoms with Crippen molar-refractivity contribution < 1.29 is 0 Å². The second-order valence-electron chi connectivity index (χ2n) is 7.86. The van der Waals surface area contributed by atoms with E-state index >= 15 is 0 Å². The molecule has 1 atom stereocenters. The van der Waals surface area contributed by atoms with E-state index in [9.17, 15) is 5.21 Å². The van der Waals surface area contributed by atoms with Crippen LogP contribution in [0.5, 0.6) is 0 Å². The van der Waals surface area contributed by atoms with Crippen molar-refractivity contribution >= 4 is 0 Å². The Kier molecular flexibility index (Phi) is 14.6. The van der Waals surface area contributed by atoms with Gasteiger partial charge in [0.15, 0.2) is 0 Å². The monoisotopic (exact) mass is 360 g/mol. The van der Waals surface area contributed by atoms with E-state index in [4.69, 9.17) is 0 Å². The van der Waals surface area contributed by atoms with Crippen LogP contribution in [0.15, 0.2) is 30.3 Å². The number of hydrogen-bond donors (Lipinski definition) is 0. The fourth-order valence-corrected chi connectivity index (χ4v) is 3.77. The summed E-state index contributed by atoms with van der Waals surface area (Å²) in [6, 6.07) is 10.2. The summed E-state index contributed by atoms with van der Waals surface area (Å²) in [5, 5.41) is 12.9. The van der Waals surface area contributed by atoms with Crippen molar-refractivity contribution in [3.8, 4) is 0 Å². The van der Waals surface area contributed by atoms with Crippen molar-refractivity contribution in [1.82, 2.24) is 5.06 Å². The molecule has 1 unspecified atom stereocenters. The average molecular weight is 361 g/mol. The zero-order valence-electron chi connectivity index (χ0n) is 17.4. The Hall–Kier alpha value is -0.860. The molecule has 26 heavy (non-hydrogen) atoms. The highest BCUT2D eigenvalue weighted by atomic mass is 16.5. The summed E-state index contributed by atoms with van der Waals surface area (Å²) in [6.45, 7) is 2.28. The molecular weight excluding hydrogens is 318 g/mol. The van der Waals surface area contributed by atoms with Crippen LogP contribution in [0.3, 0.4) is 0 Å². The van der Waals surface area contributed by atoms with Crippen molar-refractivity contribution in [3.05, 3.63) is 41.1 Å². The van der Waals surface area contributed by atoms with Crippen LogP contribution in [0.4, 0.5) is 0 Å². The molecule has 0 N–H and O–H groups in total. The Morgan fingerprint density at radius 1 is 0.692 bits per heavy atom. The first kappa shape index (κ1) is 23.2. The molecule has 1 aromatic rings. The first-order valence-electron chi connectivity index (χ1n) is 11.2.